The van der Waals surface area contributed by atoms with Crippen LogP contribution >= 0.6 is 0 Å². The summed E-state index contributed by atoms with van der Waals surface area (Å²) in [7, 11) is 0. The predicted molar refractivity (Wildman–Crippen MR) is 182 cm³/mol. The maximum absolute atomic E-state index is 2.46. The van der Waals surface area contributed by atoms with Gasteiger partial charge < -0.3 is 0 Å². The lowest BCUT2D eigenvalue weighted by molar-refractivity contribution is 0.590. The molecule has 0 heterocycles. The number of benzene rings is 6. The smallest absolute Gasteiger partial charge is 0.000764 e. The van der Waals surface area contributed by atoms with Crippen LogP contribution in [0.15, 0.2) is 121 Å². The third kappa shape index (κ3) is 4.29. The zero-order valence-electron chi connectivity index (χ0n) is 25.5. The van der Waals surface area contributed by atoms with Gasteiger partial charge in [-0.05, 0) is 94.4 Å². The second-order valence-electron chi connectivity index (χ2n) is 13.8. The summed E-state index contributed by atoms with van der Waals surface area (Å²) in [6.45, 7) is 13.7. The van der Waals surface area contributed by atoms with Gasteiger partial charge in [-0.2, -0.15) is 0 Å². The second-order valence-corrected chi connectivity index (χ2v) is 13.8. The van der Waals surface area contributed by atoms with E-state index >= 15 is 0 Å². The van der Waals surface area contributed by atoms with Crippen molar-refractivity contribution in [1.82, 2.24) is 0 Å². The molecule has 0 fully saturated rings. The molecule has 1 aliphatic carbocycles. The van der Waals surface area contributed by atoms with Crippen LogP contribution in [0.4, 0.5) is 0 Å². The highest BCUT2D eigenvalue weighted by Gasteiger charge is 2.30. The van der Waals surface area contributed by atoms with Gasteiger partial charge in [-0.15, -0.1) is 0 Å². The van der Waals surface area contributed by atoms with Gasteiger partial charge in [-0.1, -0.05) is 157 Å². The molecule has 0 amide bonds. The molecule has 0 aromatic heterocycles. The summed E-state index contributed by atoms with van der Waals surface area (Å²) >= 11 is 0. The maximum atomic E-state index is 2.46. The van der Waals surface area contributed by atoms with Crippen LogP contribution in [0.5, 0.6) is 0 Å². The minimum atomic E-state index is 0.105. The Morgan fingerprint density at radius 2 is 0.833 bits per heavy atom. The van der Waals surface area contributed by atoms with Gasteiger partial charge in [-0.3, -0.25) is 0 Å². The Morgan fingerprint density at radius 3 is 1.38 bits per heavy atom. The number of hydrogen-bond acceptors (Lipinski definition) is 0. The van der Waals surface area contributed by atoms with Crippen LogP contribution in [0.1, 0.15) is 52.7 Å². The van der Waals surface area contributed by atoms with E-state index in [1.807, 2.05) is 0 Å². The van der Waals surface area contributed by atoms with Gasteiger partial charge in [0.2, 0.25) is 0 Å². The van der Waals surface area contributed by atoms with Crippen LogP contribution in [0.25, 0.3) is 66.4 Å². The lowest BCUT2D eigenvalue weighted by atomic mass is 9.80. The fraction of sp³-hybridized carbons (Fsp3) is 0.190. The van der Waals surface area contributed by atoms with Gasteiger partial charge >= 0.3 is 0 Å². The van der Waals surface area contributed by atoms with Crippen molar-refractivity contribution in [2.75, 3.05) is 0 Å². The molecule has 0 saturated heterocycles. The van der Waals surface area contributed by atoms with E-state index in [1.165, 1.54) is 77.5 Å². The monoisotopic (exact) mass is 542 g/mol. The molecule has 0 nitrogen and oxygen atoms in total. The van der Waals surface area contributed by atoms with E-state index in [-0.39, 0.29) is 10.8 Å². The molecule has 0 spiro atoms. The zero-order chi connectivity index (χ0) is 29.2. The first-order valence-electron chi connectivity index (χ1n) is 15.1. The Morgan fingerprint density at radius 1 is 0.357 bits per heavy atom. The first-order chi connectivity index (χ1) is 20.1. The largest absolute Gasteiger partial charge is 0.0622 e. The topological polar surface area (TPSA) is 0 Å². The molecule has 0 atom stereocenters. The van der Waals surface area contributed by atoms with Gasteiger partial charge in [0, 0.05) is 0 Å². The van der Waals surface area contributed by atoms with Crippen LogP contribution in [-0.2, 0) is 10.8 Å². The molecule has 6 aromatic rings. The maximum Gasteiger partial charge on any atom is -0.000764 e. The van der Waals surface area contributed by atoms with Crippen molar-refractivity contribution in [3.63, 3.8) is 0 Å². The van der Waals surface area contributed by atoms with Gasteiger partial charge in [0.05, 0.1) is 0 Å². The predicted octanol–water partition coefficient (Wildman–Crippen LogP) is 12.1. The lowest BCUT2D eigenvalue weighted by Crippen LogP contribution is -2.10. The van der Waals surface area contributed by atoms with Crippen LogP contribution in [-0.4, -0.2) is 0 Å². The van der Waals surface area contributed by atoms with E-state index < -0.39 is 0 Å². The third-order valence-corrected chi connectivity index (χ3v) is 8.96. The molecule has 0 bridgehead atoms. The van der Waals surface area contributed by atoms with E-state index in [2.05, 4.69) is 163 Å². The highest BCUT2D eigenvalue weighted by Crippen LogP contribution is 2.57. The average Bonchev–Trinajstić information content (AvgIpc) is 3.32. The molecule has 0 radical (unpaired) electrons. The third-order valence-electron chi connectivity index (χ3n) is 8.96. The van der Waals surface area contributed by atoms with Crippen molar-refractivity contribution in [3.8, 4) is 55.6 Å². The Kier molecular flexibility index (Phi) is 6.03. The van der Waals surface area contributed by atoms with E-state index in [0.717, 1.165) is 0 Å². The molecule has 42 heavy (non-hydrogen) atoms. The Balaban J connectivity index is 1.60. The normalized spacial score (nSPS) is 12.5. The summed E-state index contributed by atoms with van der Waals surface area (Å²) < 4.78 is 0. The van der Waals surface area contributed by atoms with E-state index in [9.17, 15) is 0 Å². The first-order valence-corrected chi connectivity index (χ1v) is 15.1. The lowest BCUT2D eigenvalue weighted by Gasteiger charge is -2.23. The van der Waals surface area contributed by atoms with Crippen LogP contribution < -0.4 is 0 Å². The van der Waals surface area contributed by atoms with Crippen molar-refractivity contribution in [2.24, 2.45) is 0 Å². The highest BCUT2D eigenvalue weighted by atomic mass is 14.3. The highest BCUT2D eigenvalue weighted by molar-refractivity contribution is 6.22. The van der Waals surface area contributed by atoms with Gasteiger partial charge in [0.1, 0.15) is 0 Å². The van der Waals surface area contributed by atoms with Crippen molar-refractivity contribution in [2.45, 2.75) is 52.4 Å². The summed E-state index contributed by atoms with van der Waals surface area (Å²) in [5.41, 5.74) is 15.9. The summed E-state index contributed by atoms with van der Waals surface area (Å²) in [6, 6.07) is 45.5. The van der Waals surface area contributed by atoms with E-state index in [4.69, 9.17) is 0 Å². The molecule has 0 N–H and O–H groups in total. The SMILES string of the molecule is CC(C)(C)c1ccc(-c2cc(-c3ccccc3)c(-c3ccc(C(C)(C)C)cc3)c3c2-c2cccc4cccc-3c24)cc1. The molecule has 1 aliphatic rings. The molecule has 0 unspecified atom stereocenters. The Hall–Kier alpha value is -4.42. The zero-order valence-corrected chi connectivity index (χ0v) is 25.5. The number of hydrogen-bond donors (Lipinski definition) is 0. The fourth-order valence-electron chi connectivity index (χ4n) is 6.65. The van der Waals surface area contributed by atoms with Crippen molar-refractivity contribution in [3.05, 3.63) is 132 Å². The van der Waals surface area contributed by atoms with Crippen molar-refractivity contribution in [1.29, 1.82) is 0 Å². The molecule has 0 heteroatoms. The van der Waals surface area contributed by atoms with Crippen LogP contribution in [0.2, 0.25) is 0 Å². The molecule has 6 aromatic carbocycles. The summed E-state index contributed by atoms with van der Waals surface area (Å²) in [5, 5.41) is 2.66. The molecular weight excluding hydrogens is 504 g/mol. The number of fused-ring (bicyclic) bond motifs is 3. The quantitative estimate of drug-likeness (QED) is 0.208. The average molecular weight is 543 g/mol. The van der Waals surface area contributed by atoms with E-state index in [1.54, 1.807) is 0 Å². The summed E-state index contributed by atoms with van der Waals surface area (Å²) in [5.74, 6) is 0. The standard InChI is InChI=1S/C42H38/c1-41(2,3)31-22-18-28(19-23-31)36-26-35(27-12-8-7-9-13-27)38(30-20-24-32(25-21-30)42(4,5)6)40-34-17-11-15-29-14-10-16-33(37(29)34)39(36)40/h7-26H,1-6H3. The minimum Gasteiger partial charge on any atom is -0.0622 e. The van der Waals surface area contributed by atoms with Crippen molar-refractivity contribution >= 4 is 10.8 Å². The number of rotatable bonds is 3. The Bertz CT molecular complexity index is 1930. The van der Waals surface area contributed by atoms with Crippen LogP contribution in [0.3, 0.4) is 0 Å². The van der Waals surface area contributed by atoms with Crippen LogP contribution in [0, 0.1) is 0 Å². The molecule has 7 rings (SSSR count). The van der Waals surface area contributed by atoms with E-state index in [0.29, 0.717) is 0 Å². The van der Waals surface area contributed by atoms with Gasteiger partial charge in [0.25, 0.3) is 0 Å². The minimum absolute atomic E-state index is 0.105. The first kappa shape index (κ1) is 26.5. The van der Waals surface area contributed by atoms with Gasteiger partial charge in [0.15, 0.2) is 0 Å². The van der Waals surface area contributed by atoms with Gasteiger partial charge in [-0.25, -0.2) is 0 Å². The molecular formula is C42H38. The van der Waals surface area contributed by atoms with Crippen molar-refractivity contribution < 1.29 is 0 Å². The Labute approximate surface area is 250 Å². The fourth-order valence-corrected chi connectivity index (χ4v) is 6.65. The summed E-state index contributed by atoms with van der Waals surface area (Å²) in [4.78, 5) is 0. The second kappa shape index (κ2) is 9.57. The molecule has 206 valence electrons. The summed E-state index contributed by atoms with van der Waals surface area (Å²) in [6.07, 6.45) is 0. The molecule has 0 saturated carbocycles. The molecule has 0 aliphatic heterocycles.